The predicted molar refractivity (Wildman–Crippen MR) is 66.3 cm³/mol. The number of carbonyl (C=O) groups is 2. The van der Waals surface area contributed by atoms with Crippen molar-refractivity contribution in [1.29, 1.82) is 0 Å². The van der Waals surface area contributed by atoms with Crippen LogP contribution in [-0.4, -0.2) is 28.7 Å². The summed E-state index contributed by atoms with van der Waals surface area (Å²) in [6.45, 7) is 2.66. The third kappa shape index (κ3) is 4.97. The van der Waals surface area contributed by atoms with Crippen molar-refractivity contribution in [2.75, 3.05) is 6.54 Å². The van der Waals surface area contributed by atoms with Gasteiger partial charge in [0.1, 0.15) is 0 Å². The zero-order valence-electron chi connectivity index (χ0n) is 10.2. The summed E-state index contributed by atoms with van der Waals surface area (Å²) in [6, 6.07) is 7.85. The lowest BCUT2D eigenvalue weighted by Crippen LogP contribution is -2.30. The molecule has 0 aliphatic heterocycles. The monoisotopic (exact) mass is 251 g/mol. The number of nitrogens with one attached hydrogen (secondary N) is 1. The minimum Gasteiger partial charge on any atom is -0.481 e. The highest BCUT2D eigenvalue weighted by Gasteiger charge is 2.20. The first kappa shape index (κ1) is 14.2. The van der Waals surface area contributed by atoms with E-state index in [0.29, 0.717) is 6.54 Å². The highest BCUT2D eigenvalue weighted by molar-refractivity contribution is 5.77. The lowest BCUT2D eigenvalue weighted by atomic mass is 10.1. The van der Waals surface area contributed by atoms with Gasteiger partial charge in [-0.05, 0) is 12.5 Å². The second-order valence-corrected chi connectivity index (χ2v) is 4.25. The summed E-state index contributed by atoms with van der Waals surface area (Å²) in [5, 5.41) is 20.4. The van der Waals surface area contributed by atoms with Gasteiger partial charge in [0.05, 0.1) is 12.3 Å². The lowest BCUT2D eigenvalue weighted by molar-refractivity contribution is -0.148. The molecule has 0 saturated carbocycles. The number of carboxylic acid groups (broad SMARTS) is 2. The molecule has 0 amide bonds. The molecule has 1 aromatic carbocycles. The molecule has 0 spiro atoms. The Morgan fingerprint density at radius 3 is 2.61 bits per heavy atom. The first-order valence-electron chi connectivity index (χ1n) is 5.70. The summed E-state index contributed by atoms with van der Waals surface area (Å²) < 4.78 is 0. The number of aryl methyl sites for hydroxylation is 1. The van der Waals surface area contributed by atoms with E-state index >= 15 is 0 Å². The summed E-state index contributed by atoms with van der Waals surface area (Å²) in [5.74, 6) is -3.08. The first-order chi connectivity index (χ1) is 8.49. The quantitative estimate of drug-likeness (QED) is 0.679. The van der Waals surface area contributed by atoms with E-state index in [2.05, 4.69) is 5.32 Å². The number of hydrogen-bond donors (Lipinski definition) is 3. The second-order valence-electron chi connectivity index (χ2n) is 4.25. The highest BCUT2D eigenvalue weighted by Crippen LogP contribution is 2.05. The number of benzene rings is 1. The van der Waals surface area contributed by atoms with E-state index in [1.165, 1.54) is 0 Å². The number of aliphatic carboxylic acids is 2. The first-order valence-corrected chi connectivity index (χ1v) is 5.70. The smallest absolute Gasteiger partial charge is 0.308 e. The van der Waals surface area contributed by atoms with Crippen LogP contribution in [0.5, 0.6) is 0 Å². The zero-order valence-corrected chi connectivity index (χ0v) is 10.2. The van der Waals surface area contributed by atoms with Crippen molar-refractivity contribution in [2.24, 2.45) is 5.92 Å². The molecule has 0 aliphatic rings. The maximum absolute atomic E-state index is 10.8. The third-order valence-corrected chi connectivity index (χ3v) is 2.57. The third-order valence-electron chi connectivity index (χ3n) is 2.57. The molecule has 5 nitrogen and oxygen atoms in total. The molecule has 0 bridgehead atoms. The molecule has 5 heteroatoms. The van der Waals surface area contributed by atoms with Gasteiger partial charge in [-0.2, -0.15) is 0 Å². The molecular weight excluding hydrogens is 234 g/mol. The molecular formula is C13H17NO4. The average molecular weight is 251 g/mol. The van der Waals surface area contributed by atoms with Crippen molar-refractivity contribution in [3.05, 3.63) is 35.4 Å². The van der Waals surface area contributed by atoms with E-state index in [1.807, 2.05) is 31.2 Å². The Morgan fingerprint density at radius 2 is 2.06 bits per heavy atom. The van der Waals surface area contributed by atoms with Crippen LogP contribution in [0, 0.1) is 12.8 Å². The van der Waals surface area contributed by atoms with E-state index < -0.39 is 17.9 Å². The molecule has 0 fully saturated rings. The van der Waals surface area contributed by atoms with Gasteiger partial charge < -0.3 is 15.5 Å². The van der Waals surface area contributed by atoms with E-state index in [-0.39, 0.29) is 13.0 Å². The molecule has 1 unspecified atom stereocenters. The van der Waals surface area contributed by atoms with Gasteiger partial charge in [0.2, 0.25) is 0 Å². The Bertz CT molecular complexity index is 431. The average Bonchev–Trinajstić information content (AvgIpc) is 2.27. The predicted octanol–water partition coefficient (Wildman–Crippen LogP) is 1.26. The van der Waals surface area contributed by atoms with Crippen molar-refractivity contribution >= 4 is 11.9 Å². The van der Waals surface area contributed by atoms with E-state index in [1.54, 1.807) is 0 Å². The van der Waals surface area contributed by atoms with Gasteiger partial charge in [0.25, 0.3) is 0 Å². The molecule has 3 N–H and O–H groups in total. The standard InChI is InChI=1S/C13H17NO4/c1-9-3-2-4-10(5-9)7-14-8-11(13(17)18)6-12(15)16/h2-5,11,14H,6-8H2,1H3,(H,15,16)(H,17,18). The number of hydrogen-bond acceptors (Lipinski definition) is 3. The Morgan fingerprint density at radius 1 is 1.33 bits per heavy atom. The molecule has 0 heterocycles. The van der Waals surface area contributed by atoms with Crippen LogP contribution < -0.4 is 5.32 Å². The van der Waals surface area contributed by atoms with Gasteiger partial charge in [-0.1, -0.05) is 29.8 Å². The molecule has 0 aliphatic carbocycles. The second kappa shape index (κ2) is 6.76. The molecule has 18 heavy (non-hydrogen) atoms. The van der Waals surface area contributed by atoms with Gasteiger partial charge in [-0.25, -0.2) is 0 Å². The maximum atomic E-state index is 10.8. The molecule has 98 valence electrons. The molecule has 0 aromatic heterocycles. The fourth-order valence-corrected chi connectivity index (χ4v) is 1.67. The minimum atomic E-state index is -1.10. The summed E-state index contributed by atoms with van der Waals surface area (Å²) in [7, 11) is 0. The van der Waals surface area contributed by atoms with Crippen molar-refractivity contribution in [3.8, 4) is 0 Å². The minimum absolute atomic E-state index is 0.148. The summed E-state index contributed by atoms with van der Waals surface area (Å²) in [5.41, 5.74) is 2.18. The molecule has 0 saturated heterocycles. The Hall–Kier alpha value is -1.88. The fraction of sp³-hybridized carbons (Fsp3) is 0.385. The van der Waals surface area contributed by atoms with Gasteiger partial charge in [-0.15, -0.1) is 0 Å². The van der Waals surface area contributed by atoms with Crippen LogP contribution in [0.25, 0.3) is 0 Å². The normalized spacial score (nSPS) is 12.1. The summed E-state index contributed by atoms with van der Waals surface area (Å²) >= 11 is 0. The van der Waals surface area contributed by atoms with Crippen LogP contribution in [0.2, 0.25) is 0 Å². The number of rotatable bonds is 7. The SMILES string of the molecule is Cc1cccc(CNCC(CC(=O)O)C(=O)O)c1. The van der Waals surface area contributed by atoms with E-state index in [9.17, 15) is 9.59 Å². The fourth-order valence-electron chi connectivity index (χ4n) is 1.67. The van der Waals surface area contributed by atoms with Crippen LogP contribution in [0.1, 0.15) is 17.5 Å². The van der Waals surface area contributed by atoms with Gasteiger partial charge in [0.15, 0.2) is 0 Å². The van der Waals surface area contributed by atoms with Crippen molar-refractivity contribution in [3.63, 3.8) is 0 Å². The Labute approximate surface area is 105 Å². The van der Waals surface area contributed by atoms with Crippen molar-refractivity contribution < 1.29 is 19.8 Å². The maximum Gasteiger partial charge on any atom is 0.308 e. The van der Waals surface area contributed by atoms with E-state index in [4.69, 9.17) is 10.2 Å². The molecule has 1 aromatic rings. The number of carboxylic acids is 2. The zero-order chi connectivity index (χ0) is 13.5. The van der Waals surface area contributed by atoms with Crippen molar-refractivity contribution in [1.82, 2.24) is 5.32 Å². The van der Waals surface area contributed by atoms with Crippen LogP contribution in [0.15, 0.2) is 24.3 Å². The highest BCUT2D eigenvalue weighted by atomic mass is 16.4. The largest absolute Gasteiger partial charge is 0.481 e. The van der Waals surface area contributed by atoms with Crippen molar-refractivity contribution in [2.45, 2.75) is 19.9 Å². The lowest BCUT2D eigenvalue weighted by Gasteiger charge is -2.11. The topological polar surface area (TPSA) is 86.6 Å². The summed E-state index contributed by atoms with van der Waals surface area (Å²) in [4.78, 5) is 21.3. The molecule has 1 rings (SSSR count). The van der Waals surface area contributed by atoms with Crippen LogP contribution in [0.3, 0.4) is 0 Å². The van der Waals surface area contributed by atoms with Crippen LogP contribution >= 0.6 is 0 Å². The van der Waals surface area contributed by atoms with Crippen LogP contribution in [-0.2, 0) is 16.1 Å². The van der Waals surface area contributed by atoms with Crippen LogP contribution in [0.4, 0.5) is 0 Å². The van der Waals surface area contributed by atoms with Gasteiger partial charge >= 0.3 is 11.9 Å². The van der Waals surface area contributed by atoms with E-state index in [0.717, 1.165) is 11.1 Å². The molecule has 0 radical (unpaired) electrons. The van der Waals surface area contributed by atoms with Gasteiger partial charge in [-0.3, -0.25) is 9.59 Å². The Kier molecular flexibility index (Phi) is 5.32. The summed E-state index contributed by atoms with van der Waals surface area (Å²) in [6.07, 6.45) is -0.365. The molecule has 1 atom stereocenters. The van der Waals surface area contributed by atoms with Gasteiger partial charge in [0, 0.05) is 13.1 Å². The Balaban J connectivity index is 2.43.